The van der Waals surface area contributed by atoms with Gasteiger partial charge in [-0.3, -0.25) is 4.79 Å². The molecule has 0 aromatic carbocycles. The van der Waals surface area contributed by atoms with Crippen molar-refractivity contribution in [2.45, 2.75) is 37.8 Å². The van der Waals surface area contributed by atoms with E-state index in [2.05, 4.69) is 15.9 Å². The number of rotatable bonds is 1. The SMILES string of the molecule is O=C(c1ccc(Br)s1)N1CCO[C@H]2CCCC[C@H]21. The largest absolute Gasteiger partial charge is 0.374 e. The number of fused-ring (bicyclic) bond motifs is 1. The molecule has 0 N–H and O–H groups in total. The molecule has 5 heteroatoms. The number of halogens is 1. The zero-order valence-electron chi connectivity index (χ0n) is 10.1. The Hall–Kier alpha value is -0.390. The first kappa shape index (κ1) is 12.6. The van der Waals surface area contributed by atoms with Gasteiger partial charge < -0.3 is 9.64 Å². The van der Waals surface area contributed by atoms with E-state index in [1.165, 1.54) is 24.2 Å². The van der Waals surface area contributed by atoms with Crippen LogP contribution >= 0.6 is 27.3 Å². The molecular formula is C13H16BrNO2S. The average Bonchev–Trinajstić information content (AvgIpc) is 2.84. The molecule has 0 unspecified atom stereocenters. The summed E-state index contributed by atoms with van der Waals surface area (Å²) in [6, 6.07) is 4.14. The van der Waals surface area contributed by atoms with Crippen molar-refractivity contribution in [2.75, 3.05) is 13.2 Å². The minimum absolute atomic E-state index is 0.172. The van der Waals surface area contributed by atoms with Crippen molar-refractivity contribution in [3.63, 3.8) is 0 Å². The second-order valence-electron chi connectivity index (χ2n) is 4.86. The molecule has 2 fully saturated rings. The highest BCUT2D eigenvalue weighted by Crippen LogP contribution is 2.31. The standard InChI is InChI=1S/C13H16BrNO2S/c14-12-6-5-11(18-12)13(16)15-7-8-17-10-4-2-1-3-9(10)15/h5-6,9-10H,1-4,7-8H2/t9-,10+/m1/s1. The number of hydrogen-bond donors (Lipinski definition) is 0. The molecule has 98 valence electrons. The Morgan fingerprint density at radius 1 is 1.39 bits per heavy atom. The lowest BCUT2D eigenvalue weighted by Crippen LogP contribution is -2.54. The van der Waals surface area contributed by atoms with E-state index in [9.17, 15) is 4.79 Å². The maximum atomic E-state index is 12.5. The van der Waals surface area contributed by atoms with Crippen LogP contribution in [0.25, 0.3) is 0 Å². The highest BCUT2D eigenvalue weighted by molar-refractivity contribution is 9.11. The van der Waals surface area contributed by atoms with Crippen LogP contribution in [-0.2, 0) is 4.74 Å². The lowest BCUT2D eigenvalue weighted by molar-refractivity contribution is -0.0751. The van der Waals surface area contributed by atoms with Crippen molar-refractivity contribution in [2.24, 2.45) is 0 Å². The molecule has 2 aliphatic rings. The number of carbonyl (C=O) groups excluding carboxylic acids is 1. The van der Waals surface area contributed by atoms with E-state index in [0.717, 1.165) is 28.0 Å². The van der Waals surface area contributed by atoms with Gasteiger partial charge in [0.05, 0.1) is 27.4 Å². The Morgan fingerprint density at radius 2 is 2.22 bits per heavy atom. The molecule has 18 heavy (non-hydrogen) atoms. The van der Waals surface area contributed by atoms with Gasteiger partial charge in [0.1, 0.15) is 0 Å². The van der Waals surface area contributed by atoms with Crippen molar-refractivity contribution in [3.8, 4) is 0 Å². The van der Waals surface area contributed by atoms with Gasteiger partial charge in [0.25, 0.3) is 5.91 Å². The number of nitrogens with zero attached hydrogens (tertiary/aromatic N) is 1. The van der Waals surface area contributed by atoms with Gasteiger partial charge in [0.2, 0.25) is 0 Å². The summed E-state index contributed by atoms with van der Waals surface area (Å²) in [5.74, 6) is 0.172. The van der Waals surface area contributed by atoms with Gasteiger partial charge in [-0.15, -0.1) is 11.3 Å². The molecule has 1 aliphatic carbocycles. The maximum Gasteiger partial charge on any atom is 0.264 e. The molecule has 1 aromatic rings. The molecule has 2 heterocycles. The van der Waals surface area contributed by atoms with E-state index in [1.807, 2.05) is 17.0 Å². The molecule has 3 nitrogen and oxygen atoms in total. The summed E-state index contributed by atoms with van der Waals surface area (Å²) in [5.41, 5.74) is 0. The molecule has 1 saturated heterocycles. The molecule has 1 aliphatic heterocycles. The van der Waals surface area contributed by atoms with Gasteiger partial charge in [-0.1, -0.05) is 12.8 Å². The van der Waals surface area contributed by atoms with Gasteiger partial charge in [-0.25, -0.2) is 0 Å². The minimum Gasteiger partial charge on any atom is -0.374 e. The maximum absolute atomic E-state index is 12.5. The van der Waals surface area contributed by atoms with E-state index in [1.54, 1.807) is 0 Å². The van der Waals surface area contributed by atoms with Crippen LogP contribution < -0.4 is 0 Å². The fraction of sp³-hybridized carbons (Fsp3) is 0.615. The predicted molar refractivity (Wildman–Crippen MR) is 75.1 cm³/mol. The number of hydrogen-bond acceptors (Lipinski definition) is 3. The Labute approximate surface area is 119 Å². The third-order valence-electron chi connectivity index (χ3n) is 3.78. The highest BCUT2D eigenvalue weighted by Gasteiger charge is 2.37. The summed E-state index contributed by atoms with van der Waals surface area (Å²) in [6.45, 7) is 1.41. The number of morpholine rings is 1. The average molecular weight is 330 g/mol. The highest BCUT2D eigenvalue weighted by atomic mass is 79.9. The number of amides is 1. The van der Waals surface area contributed by atoms with Crippen LogP contribution in [0.2, 0.25) is 0 Å². The molecular weight excluding hydrogens is 314 g/mol. The monoisotopic (exact) mass is 329 g/mol. The molecule has 1 amide bonds. The first-order valence-electron chi connectivity index (χ1n) is 6.43. The van der Waals surface area contributed by atoms with Crippen molar-refractivity contribution in [1.82, 2.24) is 4.90 Å². The van der Waals surface area contributed by atoms with Crippen LogP contribution in [0.15, 0.2) is 15.9 Å². The van der Waals surface area contributed by atoms with Gasteiger partial charge in [0.15, 0.2) is 0 Å². The first-order chi connectivity index (χ1) is 8.75. The number of carbonyl (C=O) groups is 1. The normalized spacial score (nSPS) is 27.9. The predicted octanol–water partition coefficient (Wildman–Crippen LogP) is 3.29. The molecule has 0 spiro atoms. The Balaban J connectivity index is 1.79. The summed E-state index contributed by atoms with van der Waals surface area (Å²) >= 11 is 4.93. The zero-order valence-corrected chi connectivity index (χ0v) is 12.5. The van der Waals surface area contributed by atoms with Crippen LogP contribution in [0.3, 0.4) is 0 Å². The molecule has 2 atom stereocenters. The zero-order chi connectivity index (χ0) is 12.5. The second kappa shape index (κ2) is 5.31. The molecule has 3 rings (SSSR count). The topological polar surface area (TPSA) is 29.5 Å². The molecule has 0 bridgehead atoms. The number of ether oxygens (including phenoxy) is 1. The molecule has 1 aromatic heterocycles. The molecule has 1 saturated carbocycles. The van der Waals surface area contributed by atoms with E-state index in [-0.39, 0.29) is 12.0 Å². The smallest absolute Gasteiger partial charge is 0.264 e. The van der Waals surface area contributed by atoms with Crippen LogP contribution in [0.1, 0.15) is 35.4 Å². The van der Waals surface area contributed by atoms with Gasteiger partial charge in [-0.2, -0.15) is 0 Å². The van der Waals surface area contributed by atoms with Crippen LogP contribution in [0, 0.1) is 0 Å². The Bertz CT molecular complexity index is 446. The quantitative estimate of drug-likeness (QED) is 0.791. The minimum atomic E-state index is 0.172. The third-order valence-corrected chi connectivity index (χ3v) is 5.39. The summed E-state index contributed by atoms with van der Waals surface area (Å²) in [4.78, 5) is 15.4. The Morgan fingerprint density at radius 3 is 3.00 bits per heavy atom. The van der Waals surface area contributed by atoms with Gasteiger partial charge in [0, 0.05) is 6.54 Å². The summed E-state index contributed by atoms with van der Waals surface area (Å²) in [5, 5.41) is 0. The summed E-state index contributed by atoms with van der Waals surface area (Å²) in [7, 11) is 0. The van der Waals surface area contributed by atoms with Crippen LogP contribution in [0.4, 0.5) is 0 Å². The number of thiophene rings is 1. The van der Waals surface area contributed by atoms with Gasteiger partial charge >= 0.3 is 0 Å². The van der Waals surface area contributed by atoms with Crippen molar-refractivity contribution in [3.05, 3.63) is 20.8 Å². The van der Waals surface area contributed by atoms with Crippen molar-refractivity contribution < 1.29 is 9.53 Å². The van der Waals surface area contributed by atoms with E-state index >= 15 is 0 Å². The third kappa shape index (κ3) is 2.36. The second-order valence-corrected chi connectivity index (χ2v) is 7.33. The van der Waals surface area contributed by atoms with Gasteiger partial charge in [-0.05, 0) is 40.9 Å². The van der Waals surface area contributed by atoms with E-state index < -0.39 is 0 Å². The Kier molecular flexibility index (Phi) is 3.73. The lowest BCUT2D eigenvalue weighted by Gasteiger charge is -2.43. The molecule has 0 radical (unpaired) electrons. The van der Waals surface area contributed by atoms with E-state index in [4.69, 9.17) is 4.74 Å². The van der Waals surface area contributed by atoms with Crippen molar-refractivity contribution >= 4 is 33.2 Å². The van der Waals surface area contributed by atoms with E-state index in [0.29, 0.717) is 12.6 Å². The van der Waals surface area contributed by atoms with Crippen molar-refractivity contribution in [1.29, 1.82) is 0 Å². The summed E-state index contributed by atoms with van der Waals surface area (Å²) < 4.78 is 6.82. The summed E-state index contributed by atoms with van der Waals surface area (Å²) in [6.07, 6.45) is 4.89. The van der Waals surface area contributed by atoms with Crippen LogP contribution in [-0.4, -0.2) is 36.1 Å². The lowest BCUT2D eigenvalue weighted by atomic mass is 9.90. The fourth-order valence-electron chi connectivity index (χ4n) is 2.92. The first-order valence-corrected chi connectivity index (χ1v) is 8.04. The fourth-order valence-corrected chi connectivity index (χ4v) is 4.26. The van der Waals surface area contributed by atoms with Crippen LogP contribution in [0.5, 0.6) is 0 Å².